The summed E-state index contributed by atoms with van der Waals surface area (Å²) in [5.74, 6) is 1.01. The Kier molecular flexibility index (Phi) is 4.33. The molecular formula is C15H15ClIN5O. The van der Waals surface area contributed by atoms with E-state index in [0.29, 0.717) is 17.3 Å². The molecule has 0 aliphatic rings. The first-order valence-corrected chi connectivity index (χ1v) is 8.34. The number of nitrogen functional groups attached to an aromatic ring is 1. The van der Waals surface area contributed by atoms with Crippen LogP contribution >= 0.6 is 34.2 Å². The molecule has 3 aromatic rings. The van der Waals surface area contributed by atoms with Gasteiger partial charge in [0.05, 0.1) is 24.7 Å². The number of halogens is 2. The Morgan fingerprint density at radius 1 is 1.35 bits per heavy atom. The van der Waals surface area contributed by atoms with Crippen molar-refractivity contribution in [3.05, 3.63) is 37.9 Å². The highest BCUT2D eigenvalue weighted by Crippen LogP contribution is 2.30. The minimum absolute atomic E-state index is 0.157. The Hall–Kier alpha value is -1.61. The summed E-state index contributed by atoms with van der Waals surface area (Å²) in [6, 6.07) is 0. The van der Waals surface area contributed by atoms with Crippen LogP contribution in [0.1, 0.15) is 16.8 Å². The molecule has 8 heteroatoms. The average molecular weight is 444 g/mol. The zero-order chi connectivity index (χ0) is 16.7. The summed E-state index contributed by atoms with van der Waals surface area (Å²) in [4.78, 5) is 12.9. The molecule has 3 rings (SSSR count). The van der Waals surface area contributed by atoms with Crippen LogP contribution in [0.5, 0.6) is 5.75 Å². The molecule has 0 aromatic carbocycles. The zero-order valence-electron chi connectivity index (χ0n) is 12.9. The lowest BCUT2D eigenvalue weighted by Gasteiger charge is -2.13. The molecule has 0 radical (unpaired) electrons. The molecule has 0 fully saturated rings. The molecule has 0 saturated carbocycles. The van der Waals surface area contributed by atoms with E-state index in [2.05, 4.69) is 37.5 Å². The summed E-state index contributed by atoms with van der Waals surface area (Å²) in [7, 11) is 1.67. The minimum atomic E-state index is 0.157. The third-order valence-corrected chi connectivity index (χ3v) is 4.80. The highest BCUT2D eigenvalue weighted by Gasteiger charge is 2.16. The fraction of sp³-hybridized carbons (Fsp3) is 0.267. The second-order valence-corrected chi connectivity index (χ2v) is 6.74. The van der Waals surface area contributed by atoms with Gasteiger partial charge < -0.3 is 15.0 Å². The molecule has 3 aromatic heterocycles. The monoisotopic (exact) mass is 443 g/mol. The second-order valence-electron chi connectivity index (χ2n) is 5.22. The SMILES string of the molecule is COc1c(C)cnc(Cn2cc(I)c3c(Cl)nc(N)nc32)c1C. The summed E-state index contributed by atoms with van der Waals surface area (Å²) >= 11 is 8.41. The number of anilines is 1. The first-order valence-electron chi connectivity index (χ1n) is 6.88. The number of nitrogens with two attached hydrogens (primary N) is 1. The molecule has 0 spiro atoms. The van der Waals surface area contributed by atoms with Gasteiger partial charge in [-0.05, 0) is 36.4 Å². The molecule has 0 aliphatic carbocycles. The van der Waals surface area contributed by atoms with Gasteiger partial charge in [-0.15, -0.1) is 0 Å². The maximum absolute atomic E-state index is 6.20. The van der Waals surface area contributed by atoms with Crippen molar-refractivity contribution >= 4 is 51.2 Å². The molecule has 23 heavy (non-hydrogen) atoms. The van der Waals surface area contributed by atoms with Crippen molar-refractivity contribution in [2.24, 2.45) is 0 Å². The zero-order valence-corrected chi connectivity index (χ0v) is 15.8. The average Bonchev–Trinajstić information content (AvgIpc) is 2.79. The summed E-state index contributed by atoms with van der Waals surface area (Å²) in [5, 5.41) is 1.17. The maximum atomic E-state index is 6.20. The molecule has 0 atom stereocenters. The van der Waals surface area contributed by atoms with E-state index in [0.717, 1.165) is 31.5 Å². The second kappa shape index (κ2) is 6.12. The lowest BCUT2D eigenvalue weighted by molar-refractivity contribution is 0.406. The molecule has 0 amide bonds. The third kappa shape index (κ3) is 2.83. The number of hydrogen-bond donors (Lipinski definition) is 1. The quantitative estimate of drug-likeness (QED) is 0.496. The molecular weight excluding hydrogens is 429 g/mol. The molecule has 0 aliphatic heterocycles. The van der Waals surface area contributed by atoms with E-state index in [-0.39, 0.29) is 5.95 Å². The van der Waals surface area contributed by atoms with Crippen molar-refractivity contribution in [1.29, 1.82) is 0 Å². The summed E-state index contributed by atoms with van der Waals surface area (Å²) in [5.41, 5.74) is 9.37. The Labute approximate surface area is 152 Å². The van der Waals surface area contributed by atoms with Crippen LogP contribution in [0.15, 0.2) is 12.4 Å². The number of aromatic nitrogens is 4. The van der Waals surface area contributed by atoms with Crippen LogP contribution in [0.4, 0.5) is 5.95 Å². The Morgan fingerprint density at radius 3 is 2.78 bits per heavy atom. The van der Waals surface area contributed by atoms with Gasteiger partial charge in [0.1, 0.15) is 16.5 Å². The van der Waals surface area contributed by atoms with Crippen molar-refractivity contribution in [1.82, 2.24) is 19.5 Å². The third-order valence-electron chi connectivity index (χ3n) is 3.71. The summed E-state index contributed by atoms with van der Waals surface area (Å²) in [6.07, 6.45) is 3.78. The molecule has 2 N–H and O–H groups in total. The lowest BCUT2D eigenvalue weighted by Crippen LogP contribution is -2.07. The van der Waals surface area contributed by atoms with Crippen LogP contribution in [0.3, 0.4) is 0 Å². The van der Waals surface area contributed by atoms with Crippen LogP contribution < -0.4 is 10.5 Å². The van der Waals surface area contributed by atoms with E-state index < -0.39 is 0 Å². The largest absolute Gasteiger partial charge is 0.496 e. The van der Waals surface area contributed by atoms with Crippen LogP contribution in [-0.4, -0.2) is 26.6 Å². The van der Waals surface area contributed by atoms with Gasteiger partial charge in [0.2, 0.25) is 5.95 Å². The van der Waals surface area contributed by atoms with Crippen molar-refractivity contribution in [3.63, 3.8) is 0 Å². The smallest absolute Gasteiger partial charge is 0.223 e. The maximum Gasteiger partial charge on any atom is 0.223 e. The van der Waals surface area contributed by atoms with Gasteiger partial charge in [0, 0.05) is 27.1 Å². The van der Waals surface area contributed by atoms with Crippen molar-refractivity contribution < 1.29 is 4.74 Å². The molecule has 0 saturated heterocycles. The van der Waals surface area contributed by atoms with Gasteiger partial charge >= 0.3 is 0 Å². The molecule has 3 heterocycles. The molecule has 6 nitrogen and oxygen atoms in total. The Morgan fingerprint density at radius 2 is 2.09 bits per heavy atom. The molecule has 0 unspecified atom stereocenters. The number of ether oxygens (including phenoxy) is 1. The summed E-state index contributed by atoms with van der Waals surface area (Å²) in [6.45, 7) is 4.53. The Bertz CT molecular complexity index is 909. The topological polar surface area (TPSA) is 78.8 Å². The predicted molar refractivity (Wildman–Crippen MR) is 99.0 cm³/mol. The number of hydrogen-bond acceptors (Lipinski definition) is 5. The van der Waals surface area contributed by atoms with Crippen molar-refractivity contribution in [2.75, 3.05) is 12.8 Å². The molecule has 0 bridgehead atoms. The first kappa shape index (κ1) is 16.3. The van der Waals surface area contributed by atoms with Crippen molar-refractivity contribution in [3.8, 4) is 5.75 Å². The fourth-order valence-corrected chi connectivity index (χ4v) is 3.89. The van der Waals surface area contributed by atoms with Gasteiger partial charge in [-0.2, -0.15) is 4.98 Å². The number of rotatable bonds is 3. The Balaban J connectivity index is 2.13. The van der Waals surface area contributed by atoms with Gasteiger partial charge in [-0.3, -0.25) is 4.98 Å². The number of pyridine rings is 1. The van der Waals surface area contributed by atoms with Crippen LogP contribution in [0.2, 0.25) is 5.15 Å². The first-order chi connectivity index (χ1) is 10.9. The standard InChI is InChI=1S/C15H15ClIN5O/c1-7-4-19-10(8(2)12(7)23-3)6-22-5-9(17)11-13(16)20-15(18)21-14(11)22/h4-5H,6H2,1-3H3,(H2,18,20,21). The number of methoxy groups -OCH3 is 1. The van der Waals surface area contributed by atoms with Gasteiger partial charge in [0.25, 0.3) is 0 Å². The van der Waals surface area contributed by atoms with Crippen LogP contribution in [0, 0.1) is 17.4 Å². The molecule has 120 valence electrons. The summed E-state index contributed by atoms with van der Waals surface area (Å²) < 4.78 is 8.42. The highest BCUT2D eigenvalue weighted by molar-refractivity contribution is 14.1. The fourth-order valence-electron chi connectivity index (χ4n) is 2.63. The van der Waals surface area contributed by atoms with Gasteiger partial charge in [0.15, 0.2) is 0 Å². The number of nitrogens with zero attached hydrogens (tertiary/aromatic N) is 4. The van der Waals surface area contributed by atoms with E-state index in [1.165, 1.54) is 0 Å². The van der Waals surface area contributed by atoms with Gasteiger partial charge in [-0.25, -0.2) is 4.98 Å². The van der Waals surface area contributed by atoms with E-state index in [1.807, 2.05) is 30.8 Å². The normalized spacial score (nSPS) is 11.2. The van der Waals surface area contributed by atoms with Crippen molar-refractivity contribution in [2.45, 2.75) is 20.4 Å². The van der Waals surface area contributed by atoms with Gasteiger partial charge in [-0.1, -0.05) is 11.6 Å². The van der Waals surface area contributed by atoms with E-state index in [4.69, 9.17) is 22.1 Å². The van der Waals surface area contributed by atoms with Crippen LogP contribution in [-0.2, 0) is 6.54 Å². The van der Waals surface area contributed by atoms with E-state index in [9.17, 15) is 0 Å². The lowest BCUT2D eigenvalue weighted by atomic mass is 10.1. The number of fused-ring (bicyclic) bond motifs is 1. The van der Waals surface area contributed by atoms with Crippen LogP contribution in [0.25, 0.3) is 11.0 Å². The minimum Gasteiger partial charge on any atom is -0.496 e. The number of aryl methyl sites for hydroxylation is 1. The van der Waals surface area contributed by atoms with E-state index in [1.54, 1.807) is 7.11 Å². The predicted octanol–water partition coefficient (Wildman–Crippen LogP) is 3.34. The highest BCUT2D eigenvalue weighted by atomic mass is 127. The van der Waals surface area contributed by atoms with E-state index >= 15 is 0 Å².